The maximum atomic E-state index is 12.3. The van der Waals surface area contributed by atoms with Gasteiger partial charge in [-0.05, 0) is 31.2 Å². The van der Waals surface area contributed by atoms with E-state index in [4.69, 9.17) is 9.15 Å². The molecule has 2 heterocycles. The number of amides is 1. The van der Waals surface area contributed by atoms with Gasteiger partial charge in [-0.1, -0.05) is 35.2 Å². The minimum Gasteiger partial charge on any atom is -0.494 e. The number of nitro benzene ring substituents is 1. The van der Waals surface area contributed by atoms with Gasteiger partial charge >= 0.3 is 0 Å². The van der Waals surface area contributed by atoms with Crippen molar-refractivity contribution in [3.8, 4) is 17.2 Å². The molecule has 0 atom stereocenters. The van der Waals surface area contributed by atoms with E-state index in [0.29, 0.717) is 11.7 Å². The van der Waals surface area contributed by atoms with Crippen molar-refractivity contribution < 1.29 is 18.9 Å². The van der Waals surface area contributed by atoms with Crippen LogP contribution < -0.4 is 10.1 Å². The van der Waals surface area contributed by atoms with Crippen LogP contribution in [0.5, 0.6) is 5.75 Å². The summed E-state index contributed by atoms with van der Waals surface area (Å²) in [6, 6.07) is 11.6. The topological polar surface area (TPSA) is 133 Å². The second kappa shape index (κ2) is 9.10. The molecule has 4 rings (SSSR count). The molecule has 158 valence electrons. The minimum absolute atomic E-state index is 0.0125. The number of ether oxygens (including phenoxy) is 1. The van der Waals surface area contributed by atoms with E-state index in [1.807, 2.05) is 25.1 Å². The summed E-state index contributed by atoms with van der Waals surface area (Å²) in [6.45, 7) is 2.48. The summed E-state index contributed by atoms with van der Waals surface area (Å²) < 4.78 is 11.9. The standard InChI is InChI=1S/C19H15N5O5S2/c1-2-28-11-7-8-13-15(9-11)31-18(20-13)21-16(25)10-30-19-23-22-17(29-19)12-5-3-4-6-14(12)24(26)27/h3-9H,2,10H2,1H3,(H,20,21,25). The second-order valence-corrected chi connectivity index (χ2v) is 8.02. The molecular formula is C19H15N5O5S2. The van der Waals surface area contributed by atoms with Crippen LogP contribution in [0.15, 0.2) is 52.1 Å². The van der Waals surface area contributed by atoms with Gasteiger partial charge in [0.25, 0.3) is 16.8 Å². The predicted molar refractivity (Wildman–Crippen MR) is 117 cm³/mol. The van der Waals surface area contributed by atoms with Crippen molar-refractivity contribution >= 4 is 50.0 Å². The van der Waals surface area contributed by atoms with Gasteiger partial charge in [-0.15, -0.1) is 10.2 Å². The highest BCUT2D eigenvalue weighted by Gasteiger charge is 2.20. The number of carbonyl (C=O) groups is 1. The lowest BCUT2D eigenvalue weighted by Crippen LogP contribution is -2.13. The molecule has 1 N–H and O–H groups in total. The molecular weight excluding hydrogens is 442 g/mol. The van der Waals surface area contributed by atoms with Gasteiger partial charge in [0, 0.05) is 6.07 Å². The number of aromatic nitrogens is 3. The molecule has 10 nitrogen and oxygen atoms in total. The van der Waals surface area contributed by atoms with Crippen molar-refractivity contribution in [2.45, 2.75) is 12.1 Å². The molecule has 0 aliphatic rings. The van der Waals surface area contributed by atoms with E-state index in [9.17, 15) is 14.9 Å². The molecule has 12 heteroatoms. The van der Waals surface area contributed by atoms with Gasteiger partial charge in [0.15, 0.2) is 5.13 Å². The lowest BCUT2D eigenvalue weighted by molar-refractivity contribution is -0.384. The summed E-state index contributed by atoms with van der Waals surface area (Å²) in [5, 5.41) is 22.2. The Morgan fingerprint density at radius 1 is 1.29 bits per heavy atom. The van der Waals surface area contributed by atoms with E-state index in [-0.39, 0.29) is 34.0 Å². The fraction of sp³-hybridized carbons (Fsp3) is 0.158. The van der Waals surface area contributed by atoms with Gasteiger partial charge in [0.05, 0.1) is 27.5 Å². The van der Waals surface area contributed by atoms with E-state index < -0.39 is 4.92 Å². The van der Waals surface area contributed by atoms with Crippen LogP contribution >= 0.6 is 23.1 Å². The molecule has 0 radical (unpaired) electrons. The third-order valence-corrected chi connectivity index (χ3v) is 5.73. The molecule has 0 aliphatic heterocycles. The maximum Gasteiger partial charge on any atom is 0.282 e. The number of carbonyl (C=O) groups excluding carboxylic acids is 1. The molecule has 0 fully saturated rings. The summed E-state index contributed by atoms with van der Waals surface area (Å²) in [6.07, 6.45) is 0. The summed E-state index contributed by atoms with van der Waals surface area (Å²) in [4.78, 5) is 27.3. The average molecular weight is 457 g/mol. The Morgan fingerprint density at radius 3 is 2.94 bits per heavy atom. The lowest BCUT2D eigenvalue weighted by Gasteiger charge is -2.00. The third-order valence-electron chi connectivity index (χ3n) is 3.98. The number of anilines is 1. The van der Waals surface area contributed by atoms with Crippen LogP contribution in [0, 0.1) is 10.1 Å². The second-order valence-electron chi connectivity index (χ2n) is 6.07. The highest BCUT2D eigenvalue weighted by molar-refractivity contribution is 7.99. The Bertz CT molecular complexity index is 1260. The highest BCUT2D eigenvalue weighted by Crippen LogP contribution is 2.31. The lowest BCUT2D eigenvalue weighted by atomic mass is 10.2. The summed E-state index contributed by atoms with van der Waals surface area (Å²) in [5.74, 6) is 0.488. The zero-order valence-electron chi connectivity index (χ0n) is 16.1. The number of fused-ring (bicyclic) bond motifs is 1. The summed E-state index contributed by atoms with van der Waals surface area (Å²) >= 11 is 2.37. The van der Waals surface area contributed by atoms with E-state index in [1.165, 1.54) is 23.5 Å². The highest BCUT2D eigenvalue weighted by atomic mass is 32.2. The van der Waals surface area contributed by atoms with Gasteiger partial charge < -0.3 is 14.5 Å². The van der Waals surface area contributed by atoms with Crippen LogP contribution in [0.2, 0.25) is 0 Å². The molecule has 2 aromatic heterocycles. The van der Waals surface area contributed by atoms with Crippen molar-refractivity contribution in [1.29, 1.82) is 0 Å². The molecule has 0 unspecified atom stereocenters. The third kappa shape index (κ3) is 4.81. The fourth-order valence-corrected chi connectivity index (χ4v) is 4.16. The number of thioether (sulfide) groups is 1. The van der Waals surface area contributed by atoms with Gasteiger partial charge in [0.1, 0.15) is 11.3 Å². The van der Waals surface area contributed by atoms with E-state index in [1.54, 1.807) is 12.1 Å². The summed E-state index contributed by atoms with van der Waals surface area (Å²) in [7, 11) is 0. The Kier molecular flexibility index (Phi) is 6.09. The van der Waals surface area contributed by atoms with Gasteiger partial charge in [-0.3, -0.25) is 14.9 Å². The molecule has 2 aromatic carbocycles. The number of para-hydroxylation sites is 1. The van der Waals surface area contributed by atoms with Gasteiger partial charge in [0.2, 0.25) is 5.91 Å². The van der Waals surface area contributed by atoms with Crippen LogP contribution in [-0.2, 0) is 4.79 Å². The van der Waals surface area contributed by atoms with Crippen LogP contribution in [-0.4, -0.2) is 38.4 Å². The summed E-state index contributed by atoms with van der Waals surface area (Å²) in [5.41, 5.74) is 0.850. The molecule has 0 saturated heterocycles. The number of rotatable bonds is 8. The fourth-order valence-electron chi connectivity index (χ4n) is 2.69. The predicted octanol–water partition coefficient (Wildman–Crippen LogP) is 4.38. The molecule has 31 heavy (non-hydrogen) atoms. The number of benzene rings is 2. The molecule has 1 amide bonds. The Morgan fingerprint density at radius 2 is 2.13 bits per heavy atom. The van der Waals surface area contributed by atoms with Crippen LogP contribution in [0.1, 0.15) is 6.92 Å². The first kappa shape index (κ1) is 20.8. The monoisotopic (exact) mass is 457 g/mol. The largest absolute Gasteiger partial charge is 0.494 e. The smallest absolute Gasteiger partial charge is 0.282 e. The quantitative estimate of drug-likeness (QED) is 0.232. The first-order valence-corrected chi connectivity index (χ1v) is 10.9. The number of hydrogen-bond donors (Lipinski definition) is 1. The maximum absolute atomic E-state index is 12.3. The first-order valence-electron chi connectivity index (χ1n) is 9.07. The Hall–Kier alpha value is -3.51. The number of nitro groups is 1. The molecule has 0 saturated carbocycles. The zero-order valence-corrected chi connectivity index (χ0v) is 17.7. The molecule has 4 aromatic rings. The van der Waals surface area contributed by atoms with Crippen molar-refractivity contribution in [2.24, 2.45) is 0 Å². The van der Waals surface area contributed by atoms with Crippen molar-refractivity contribution in [2.75, 3.05) is 17.7 Å². The Labute approximate surface area is 183 Å². The minimum atomic E-state index is -0.519. The zero-order chi connectivity index (χ0) is 21.8. The number of thiazole rings is 1. The number of hydrogen-bond acceptors (Lipinski definition) is 10. The molecule has 0 spiro atoms. The van der Waals surface area contributed by atoms with Crippen molar-refractivity contribution in [1.82, 2.24) is 15.2 Å². The van der Waals surface area contributed by atoms with Gasteiger partial charge in [-0.25, -0.2) is 4.98 Å². The average Bonchev–Trinajstić information content (AvgIpc) is 3.38. The molecule has 0 aliphatic carbocycles. The Balaban J connectivity index is 1.39. The van der Waals surface area contributed by atoms with E-state index in [0.717, 1.165) is 27.7 Å². The number of nitrogens with one attached hydrogen (secondary N) is 1. The van der Waals surface area contributed by atoms with Gasteiger partial charge in [-0.2, -0.15) is 0 Å². The first-order chi connectivity index (χ1) is 15.0. The molecule has 0 bridgehead atoms. The number of nitrogens with zero attached hydrogens (tertiary/aromatic N) is 4. The van der Waals surface area contributed by atoms with Crippen molar-refractivity contribution in [3.63, 3.8) is 0 Å². The van der Waals surface area contributed by atoms with Crippen LogP contribution in [0.4, 0.5) is 10.8 Å². The van der Waals surface area contributed by atoms with Crippen LogP contribution in [0.3, 0.4) is 0 Å². The normalized spacial score (nSPS) is 10.9. The van der Waals surface area contributed by atoms with E-state index in [2.05, 4.69) is 20.5 Å². The SMILES string of the molecule is CCOc1ccc2nc(NC(=O)CSc3nnc(-c4ccccc4[N+](=O)[O-])o3)sc2c1. The van der Waals surface area contributed by atoms with Crippen LogP contribution in [0.25, 0.3) is 21.7 Å². The van der Waals surface area contributed by atoms with E-state index >= 15 is 0 Å². The van der Waals surface area contributed by atoms with Crippen molar-refractivity contribution in [3.05, 3.63) is 52.6 Å².